The third-order valence-corrected chi connectivity index (χ3v) is 2.77. The van der Waals surface area contributed by atoms with Gasteiger partial charge in [-0.1, -0.05) is 17.7 Å². The molecule has 0 radical (unpaired) electrons. The summed E-state index contributed by atoms with van der Waals surface area (Å²) in [6.45, 7) is 6.54. The normalized spacial score (nSPS) is 14.1. The van der Waals surface area contributed by atoms with Crippen LogP contribution in [0.3, 0.4) is 0 Å². The fourth-order valence-electron chi connectivity index (χ4n) is 1.80. The molecule has 1 aliphatic heterocycles. The van der Waals surface area contributed by atoms with Crippen molar-refractivity contribution in [3.63, 3.8) is 0 Å². The zero-order valence-electron chi connectivity index (χ0n) is 11.5. The first-order valence-corrected chi connectivity index (χ1v) is 6.44. The Kier molecular flexibility index (Phi) is 4.00. The van der Waals surface area contributed by atoms with E-state index < -0.39 is 0 Å². The van der Waals surface area contributed by atoms with Crippen LogP contribution in [0.5, 0.6) is 0 Å². The number of anilines is 1. The van der Waals surface area contributed by atoms with Crippen LogP contribution in [-0.2, 0) is 4.79 Å². The Morgan fingerprint density at radius 2 is 1.95 bits per heavy atom. The predicted molar refractivity (Wildman–Crippen MR) is 78.5 cm³/mol. The van der Waals surface area contributed by atoms with Gasteiger partial charge in [0.1, 0.15) is 5.84 Å². The second kappa shape index (κ2) is 5.69. The van der Waals surface area contributed by atoms with Crippen LogP contribution in [0, 0.1) is 6.92 Å². The summed E-state index contributed by atoms with van der Waals surface area (Å²) in [5.41, 5.74) is 2.66. The number of amidine groups is 1. The van der Waals surface area contributed by atoms with Gasteiger partial charge in [0, 0.05) is 17.3 Å². The molecule has 19 heavy (non-hydrogen) atoms. The number of aliphatic imine (C=N–C) groups is 1. The average molecular weight is 257 g/mol. The van der Waals surface area contributed by atoms with Crippen molar-refractivity contribution in [3.8, 4) is 0 Å². The fraction of sp³-hybridized carbons (Fsp3) is 0.333. The molecule has 1 amide bonds. The summed E-state index contributed by atoms with van der Waals surface area (Å²) < 4.78 is 0. The zero-order valence-corrected chi connectivity index (χ0v) is 11.5. The van der Waals surface area contributed by atoms with Gasteiger partial charge in [0.15, 0.2) is 0 Å². The summed E-state index contributed by atoms with van der Waals surface area (Å²) >= 11 is 0. The predicted octanol–water partition coefficient (Wildman–Crippen LogP) is 2.27. The van der Waals surface area contributed by atoms with E-state index in [1.54, 1.807) is 0 Å². The van der Waals surface area contributed by atoms with E-state index in [4.69, 9.17) is 0 Å². The van der Waals surface area contributed by atoms with Gasteiger partial charge in [-0.2, -0.15) is 0 Å². The minimum Gasteiger partial charge on any atom is -0.368 e. The monoisotopic (exact) mass is 257 g/mol. The van der Waals surface area contributed by atoms with Crippen LogP contribution in [0.15, 0.2) is 40.9 Å². The molecule has 0 bridgehead atoms. The molecule has 0 fully saturated rings. The summed E-state index contributed by atoms with van der Waals surface area (Å²) in [6, 6.07) is 8.06. The molecule has 2 N–H and O–H groups in total. The highest BCUT2D eigenvalue weighted by molar-refractivity contribution is 6.11. The second-order valence-electron chi connectivity index (χ2n) is 4.99. The molecule has 100 valence electrons. The molecule has 1 aromatic rings. The Balaban J connectivity index is 1.97. The van der Waals surface area contributed by atoms with Crippen molar-refractivity contribution >= 4 is 17.4 Å². The van der Waals surface area contributed by atoms with Gasteiger partial charge in [0.25, 0.3) is 5.91 Å². The lowest BCUT2D eigenvalue weighted by molar-refractivity contribution is -0.112. The minimum absolute atomic E-state index is 0.0897. The van der Waals surface area contributed by atoms with Crippen LogP contribution in [0.2, 0.25) is 0 Å². The van der Waals surface area contributed by atoms with E-state index in [0.717, 1.165) is 11.5 Å². The van der Waals surface area contributed by atoms with E-state index in [-0.39, 0.29) is 5.91 Å². The van der Waals surface area contributed by atoms with E-state index in [1.165, 1.54) is 5.56 Å². The van der Waals surface area contributed by atoms with Crippen molar-refractivity contribution in [2.75, 3.05) is 11.9 Å². The van der Waals surface area contributed by atoms with Gasteiger partial charge < -0.3 is 10.6 Å². The highest BCUT2D eigenvalue weighted by Gasteiger charge is 2.15. The van der Waals surface area contributed by atoms with Gasteiger partial charge >= 0.3 is 0 Å². The topological polar surface area (TPSA) is 53.5 Å². The van der Waals surface area contributed by atoms with Crippen molar-refractivity contribution in [1.82, 2.24) is 5.32 Å². The molecule has 2 rings (SSSR count). The number of nitrogens with one attached hydrogen (secondary N) is 2. The Hall–Kier alpha value is -2.10. The summed E-state index contributed by atoms with van der Waals surface area (Å²) in [5.74, 6) is 0.692. The first-order chi connectivity index (χ1) is 9.04. The van der Waals surface area contributed by atoms with Crippen molar-refractivity contribution in [2.45, 2.75) is 26.8 Å². The highest BCUT2D eigenvalue weighted by Crippen LogP contribution is 2.12. The van der Waals surface area contributed by atoms with Crippen molar-refractivity contribution in [2.24, 2.45) is 4.99 Å². The van der Waals surface area contributed by atoms with Crippen LogP contribution in [-0.4, -0.2) is 24.3 Å². The Morgan fingerprint density at radius 3 is 2.58 bits per heavy atom. The van der Waals surface area contributed by atoms with Crippen molar-refractivity contribution in [3.05, 3.63) is 41.5 Å². The van der Waals surface area contributed by atoms with Crippen LogP contribution in [0.4, 0.5) is 5.69 Å². The second-order valence-corrected chi connectivity index (χ2v) is 4.99. The number of nitrogens with zero attached hydrogens (tertiary/aromatic N) is 1. The van der Waals surface area contributed by atoms with E-state index in [2.05, 4.69) is 15.6 Å². The molecule has 0 spiro atoms. The molecule has 1 aliphatic rings. The number of aryl methyl sites for hydroxylation is 1. The molecule has 0 atom stereocenters. The Bertz CT molecular complexity index is 527. The molecule has 4 heteroatoms. The summed E-state index contributed by atoms with van der Waals surface area (Å²) in [6.07, 6.45) is 1.81. The Morgan fingerprint density at radius 1 is 1.26 bits per heavy atom. The standard InChI is InChI=1S/C15H19N3O/c1-10(2)17-14-8-12(9-16-14)15(19)18-13-6-4-11(3)5-7-13/h4-8,10H,9H2,1-3H3,(H,16,17)(H,18,19). The lowest BCUT2D eigenvalue weighted by atomic mass is 10.2. The molecule has 1 heterocycles. The lowest BCUT2D eigenvalue weighted by Gasteiger charge is -2.07. The van der Waals surface area contributed by atoms with Crippen LogP contribution in [0.1, 0.15) is 19.4 Å². The van der Waals surface area contributed by atoms with Crippen molar-refractivity contribution in [1.29, 1.82) is 0 Å². The SMILES string of the molecule is Cc1ccc(NC(=O)C2=CC(NC(C)C)=NC2)cc1. The van der Waals surface area contributed by atoms with E-state index in [0.29, 0.717) is 18.2 Å². The minimum atomic E-state index is -0.0897. The molecular formula is C15H19N3O. The summed E-state index contributed by atoms with van der Waals surface area (Å²) in [5, 5.41) is 6.07. The van der Waals surface area contributed by atoms with Gasteiger partial charge in [-0.15, -0.1) is 0 Å². The van der Waals surface area contributed by atoms with Crippen LogP contribution >= 0.6 is 0 Å². The van der Waals surface area contributed by atoms with Gasteiger partial charge in [-0.3, -0.25) is 9.79 Å². The number of hydrogen-bond acceptors (Lipinski definition) is 3. The number of rotatable bonds is 3. The molecule has 0 aliphatic carbocycles. The zero-order chi connectivity index (χ0) is 13.8. The Labute approximate surface area is 113 Å². The van der Waals surface area contributed by atoms with Crippen LogP contribution < -0.4 is 10.6 Å². The molecule has 4 nitrogen and oxygen atoms in total. The van der Waals surface area contributed by atoms with Gasteiger partial charge in [-0.25, -0.2) is 0 Å². The number of carbonyl (C=O) groups excluding carboxylic acids is 1. The molecule has 0 aromatic heterocycles. The number of amides is 1. The lowest BCUT2D eigenvalue weighted by Crippen LogP contribution is -2.28. The number of benzene rings is 1. The first-order valence-electron chi connectivity index (χ1n) is 6.44. The smallest absolute Gasteiger partial charge is 0.253 e. The summed E-state index contributed by atoms with van der Waals surface area (Å²) in [7, 11) is 0. The van der Waals surface area contributed by atoms with Gasteiger partial charge in [-0.05, 0) is 39.0 Å². The third-order valence-electron chi connectivity index (χ3n) is 2.77. The van der Waals surface area contributed by atoms with E-state index in [1.807, 2.05) is 51.1 Å². The van der Waals surface area contributed by atoms with E-state index in [9.17, 15) is 4.79 Å². The van der Waals surface area contributed by atoms with Gasteiger partial charge in [0.2, 0.25) is 0 Å². The maximum absolute atomic E-state index is 12.1. The van der Waals surface area contributed by atoms with Gasteiger partial charge in [0.05, 0.1) is 6.54 Å². The molecule has 1 aromatic carbocycles. The van der Waals surface area contributed by atoms with Crippen molar-refractivity contribution < 1.29 is 4.79 Å². The highest BCUT2D eigenvalue weighted by atomic mass is 16.1. The molecular weight excluding hydrogens is 238 g/mol. The largest absolute Gasteiger partial charge is 0.368 e. The fourth-order valence-corrected chi connectivity index (χ4v) is 1.80. The third kappa shape index (κ3) is 3.68. The van der Waals surface area contributed by atoms with Crippen LogP contribution in [0.25, 0.3) is 0 Å². The first kappa shape index (κ1) is 13.3. The quantitative estimate of drug-likeness (QED) is 0.872. The molecule has 0 unspecified atom stereocenters. The maximum Gasteiger partial charge on any atom is 0.253 e. The maximum atomic E-state index is 12.1. The average Bonchev–Trinajstić information content (AvgIpc) is 2.80. The summed E-state index contributed by atoms with van der Waals surface area (Å²) in [4.78, 5) is 16.3. The molecule has 0 saturated heterocycles. The number of hydrogen-bond donors (Lipinski definition) is 2. The molecule has 0 saturated carbocycles. The number of carbonyl (C=O) groups is 1. The van der Waals surface area contributed by atoms with E-state index >= 15 is 0 Å².